The van der Waals surface area contributed by atoms with Crippen molar-refractivity contribution in [3.05, 3.63) is 140 Å². The highest BCUT2D eigenvalue weighted by atomic mass is 32.1. The summed E-state index contributed by atoms with van der Waals surface area (Å²) in [7, 11) is 0. The summed E-state index contributed by atoms with van der Waals surface area (Å²) in [5.74, 6) is 0.633. The van der Waals surface area contributed by atoms with Gasteiger partial charge in [0.25, 0.3) is 0 Å². The van der Waals surface area contributed by atoms with E-state index >= 15 is 0 Å². The molecule has 0 aliphatic heterocycles. The van der Waals surface area contributed by atoms with Crippen molar-refractivity contribution in [2.24, 2.45) is 0 Å². The zero-order valence-corrected chi connectivity index (χ0v) is 28.0. The summed E-state index contributed by atoms with van der Waals surface area (Å²) in [6.07, 6.45) is 0. The van der Waals surface area contributed by atoms with E-state index in [9.17, 15) is 0 Å². The number of hydrogen-bond donors (Lipinski definition) is 0. The highest BCUT2D eigenvalue weighted by molar-refractivity contribution is 7.27. The van der Waals surface area contributed by atoms with Gasteiger partial charge in [-0.05, 0) is 35.7 Å². The Bertz CT molecular complexity index is 3400. The molecular formula is C44H23N3OS2. The molecule has 7 aromatic carbocycles. The third-order valence-corrected chi connectivity index (χ3v) is 12.6. The molecule has 0 amide bonds. The maximum absolute atomic E-state index is 6.64. The Kier molecular flexibility index (Phi) is 5.23. The molecule has 0 atom stereocenters. The van der Waals surface area contributed by atoms with E-state index in [4.69, 9.17) is 14.4 Å². The fourth-order valence-corrected chi connectivity index (χ4v) is 10.6. The number of aromatic nitrogens is 3. The van der Waals surface area contributed by atoms with Crippen molar-refractivity contribution in [2.45, 2.75) is 0 Å². The van der Waals surface area contributed by atoms with Gasteiger partial charge in [0.1, 0.15) is 16.8 Å². The minimum Gasteiger partial charge on any atom is -0.452 e. The second kappa shape index (κ2) is 9.76. The fraction of sp³-hybridized carbons (Fsp3) is 0. The number of fused-ring (bicyclic) bond motifs is 16. The van der Waals surface area contributed by atoms with Gasteiger partial charge in [-0.25, -0.2) is 9.97 Å². The molecule has 5 heterocycles. The first kappa shape index (κ1) is 26.8. The molecule has 12 aromatic rings. The molecule has 0 unspecified atom stereocenters. The van der Waals surface area contributed by atoms with Crippen molar-refractivity contribution in [1.29, 1.82) is 0 Å². The molecule has 0 N–H and O–H groups in total. The van der Waals surface area contributed by atoms with Crippen molar-refractivity contribution in [1.82, 2.24) is 14.5 Å². The summed E-state index contributed by atoms with van der Waals surface area (Å²) in [4.78, 5) is 10.9. The molecule has 0 saturated heterocycles. The van der Waals surface area contributed by atoms with Gasteiger partial charge in [-0.15, -0.1) is 22.7 Å². The van der Waals surface area contributed by atoms with Crippen LogP contribution in [0.25, 0.3) is 112 Å². The Balaban J connectivity index is 1.29. The summed E-state index contributed by atoms with van der Waals surface area (Å²) in [5.41, 5.74) is 6.38. The topological polar surface area (TPSA) is 43.9 Å². The van der Waals surface area contributed by atoms with Crippen LogP contribution in [0, 0.1) is 0 Å². The Morgan fingerprint density at radius 3 is 1.98 bits per heavy atom. The average molecular weight is 674 g/mol. The van der Waals surface area contributed by atoms with Gasteiger partial charge < -0.3 is 4.42 Å². The average Bonchev–Trinajstić information content (AvgIpc) is 3.93. The third kappa shape index (κ3) is 3.44. The zero-order chi connectivity index (χ0) is 32.5. The minimum atomic E-state index is 0.633. The van der Waals surface area contributed by atoms with Gasteiger partial charge in [0.2, 0.25) is 5.95 Å². The number of rotatable bonds is 2. The lowest BCUT2D eigenvalue weighted by Crippen LogP contribution is -2.03. The van der Waals surface area contributed by atoms with Crippen LogP contribution in [-0.2, 0) is 0 Å². The Hall–Kier alpha value is -6.08. The molecule has 4 nitrogen and oxygen atoms in total. The summed E-state index contributed by atoms with van der Waals surface area (Å²) in [6, 6.07) is 49.6. The van der Waals surface area contributed by atoms with Gasteiger partial charge in [-0.1, -0.05) is 109 Å². The Labute approximate surface area is 292 Å². The van der Waals surface area contributed by atoms with E-state index in [0.29, 0.717) is 11.5 Å². The third-order valence-electron chi connectivity index (χ3n) is 10.2. The quantitative estimate of drug-likeness (QED) is 0.183. The molecule has 0 radical (unpaired) electrons. The Morgan fingerprint density at radius 1 is 0.480 bits per heavy atom. The molecule has 232 valence electrons. The molecule has 12 rings (SSSR count). The standard InChI is InChI=1S/C44H23N3OS2/c1-2-14-26-25(13-1)36-30-17-6-10-23-35(30)50-43(36)37-28-15-3-7-20-32(28)47(40(26)37)44-45-38-29-16-4-8-21-33(29)48-41(38)39(46-44)31-19-11-18-27-24-12-5-9-22-34(24)49-42(27)31/h1-23H. The van der Waals surface area contributed by atoms with Crippen LogP contribution >= 0.6 is 22.7 Å². The summed E-state index contributed by atoms with van der Waals surface area (Å²) in [5, 5.41) is 10.9. The van der Waals surface area contributed by atoms with Crippen LogP contribution in [0.3, 0.4) is 0 Å². The maximum atomic E-state index is 6.64. The van der Waals surface area contributed by atoms with E-state index in [0.717, 1.165) is 38.8 Å². The molecule has 5 aromatic heterocycles. The summed E-state index contributed by atoms with van der Waals surface area (Å²) >= 11 is 3.68. The van der Waals surface area contributed by atoms with Gasteiger partial charge in [0.15, 0.2) is 5.58 Å². The van der Waals surface area contributed by atoms with Crippen LogP contribution < -0.4 is 0 Å². The molecule has 0 saturated carbocycles. The number of hydrogen-bond acceptors (Lipinski definition) is 5. The molecule has 0 spiro atoms. The first-order valence-corrected chi connectivity index (χ1v) is 18.3. The molecule has 0 aliphatic rings. The van der Waals surface area contributed by atoms with Crippen molar-refractivity contribution < 1.29 is 4.42 Å². The van der Waals surface area contributed by atoms with Crippen LogP contribution in [0.15, 0.2) is 144 Å². The lowest BCUT2D eigenvalue weighted by atomic mass is 10.00. The Morgan fingerprint density at radius 2 is 1.12 bits per heavy atom. The SMILES string of the molecule is c1ccc2c(c1)oc1c(-c3cccc4c3sc3ccccc34)nc(-n3c4ccccc4c4c5sc6ccccc6c5c5ccccc5c43)nc12. The zero-order valence-electron chi connectivity index (χ0n) is 26.3. The second-order valence-corrected chi connectivity index (χ2v) is 15.0. The van der Waals surface area contributed by atoms with Crippen LogP contribution in [0.2, 0.25) is 0 Å². The van der Waals surface area contributed by atoms with E-state index in [1.54, 1.807) is 11.3 Å². The predicted octanol–water partition coefficient (Wildman–Crippen LogP) is 13.0. The molecule has 0 bridgehead atoms. The van der Waals surface area contributed by atoms with Gasteiger partial charge >= 0.3 is 0 Å². The highest BCUT2D eigenvalue weighted by Gasteiger charge is 2.25. The normalized spacial score (nSPS) is 12.4. The van der Waals surface area contributed by atoms with Crippen LogP contribution in [0.4, 0.5) is 0 Å². The van der Waals surface area contributed by atoms with Gasteiger partial charge in [-0.3, -0.25) is 4.57 Å². The van der Waals surface area contributed by atoms with Crippen molar-refractivity contribution in [3.8, 4) is 17.2 Å². The number of para-hydroxylation sites is 2. The molecule has 0 aliphatic carbocycles. The summed E-state index contributed by atoms with van der Waals surface area (Å²) in [6.45, 7) is 0. The minimum absolute atomic E-state index is 0.633. The van der Waals surface area contributed by atoms with Crippen LogP contribution in [0.5, 0.6) is 0 Å². The van der Waals surface area contributed by atoms with Crippen LogP contribution in [0.1, 0.15) is 0 Å². The molecular weight excluding hydrogens is 651 g/mol. The van der Waals surface area contributed by atoms with Crippen molar-refractivity contribution in [3.63, 3.8) is 0 Å². The first-order chi connectivity index (χ1) is 24.8. The monoisotopic (exact) mass is 673 g/mol. The summed E-state index contributed by atoms with van der Waals surface area (Å²) < 4.78 is 14.0. The van der Waals surface area contributed by atoms with Gasteiger partial charge in [0.05, 0.1) is 11.0 Å². The first-order valence-electron chi connectivity index (χ1n) is 16.7. The van der Waals surface area contributed by atoms with Gasteiger partial charge in [-0.2, -0.15) is 0 Å². The lowest BCUT2D eigenvalue weighted by Gasteiger charge is -2.12. The molecule has 6 heteroatoms. The number of benzene rings is 7. The van der Waals surface area contributed by atoms with Crippen molar-refractivity contribution >= 4 is 118 Å². The van der Waals surface area contributed by atoms with E-state index in [1.807, 2.05) is 23.5 Å². The van der Waals surface area contributed by atoms with E-state index in [1.165, 1.54) is 61.9 Å². The van der Waals surface area contributed by atoms with Gasteiger partial charge in [0, 0.05) is 67.5 Å². The van der Waals surface area contributed by atoms with E-state index in [2.05, 4.69) is 132 Å². The second-order valence-electron chi connectivity index (χ2n) is 12.9. The number of nitrogens with zero attached hydrogens (tertiary/aromatic N) is 3. The van der Waals surface area contributed by atoms with Crippen LogP contribution in [-0.4, -0.2) is 14.5 Å². The number of thiophene rings is 2. The lowest BCUT2D eigenvalue weighted by molar-refractivity contribution is 0.666. The van der Waals surface area contributed by atoms with E-state index in [-0.39, 0.29) is 0 Å². The molecule has 0 fully saturated rings. The smallest absolute Gasteiger partial charge is 0.236 e. The highest BCUT2D eigenvalue weighted by Crippen LogP contribution is 2.48. The largest absolute Gasteiger partial charge is 0.452 e. The van der Waals surface area contributed by atoms with Crippen molar-refractivity contribution in [2.75, 3.05) is 0 Å². The maximum Gasteiger partial charge on any atom is 0.236 e. The molecule has 50 heavy (non-hydrogen) atoms. The predicted molar refractivity (Wildman–Crippen MR) is 212 cm³/mol. The van der Waals surface area contributed by atoms with E-state index < -0.39 is 0 Å². The number of furan rings is 1. The fourth-order valence-electron chi connectivity index (χ4n) is 8.12.